The van der Waals surface area contributed by atoms with Crippen molar-refractivity contribution in [3.63, 3.8) is 0 Å². The Kier molecular flexibility index (Phi) is 4.28. The lowest BCUT2D eigenvalue weighted by molar-refractivity contribution is 0.376. The van der Waals surface area contributed by atoms with Crippen LogP contribution in [0.3, 0.4) is 0 Å². The number of nitrogen functional groups attached to an aromatic ring is 1. The zero-order valence-corrected chi connectivity index (χ0v) is 11.4. The van der Waals surface area contributed by atoms with E-state index in [0.717, 1.165) is 24.3 Å². The molecule has 0 amide bonds. The number of aromatic nitrogens is 2. The van der Waals surface area contributed by atoms with Gasteiger partial charge in [0.15, 0.2) is 0 Å². The average Bonchev–Trinajstić information content (AvgIpc) is 2.30. The van der Waals surface area contributed by atoms with Gasteiger partial charge in [0.05, 0.1) is 0 Å². The lowest BCUT2D eigenvalue weighted by atomic mass is 9.90. The van der Waals surface area contributed by atoms with Crippen LogP contribution in [-0.2, 0) is 0 Å². The van der Waals surface area contributed by atoms with E-state index in [1.54, 1.807) is 0 Å². The summed E-state index contributed by atoms with van der Waals surface area (Å²) in [6.07, 6.45) is 1.12. The summed E-state index contributed by atoms with van der Waals surface area (Å²) in [6, 6.07) is 0. The molecule has 0 unspecified atom stereocenters. The second-order valence-corrected chi connectivity index (χ2v) is 5.11. The zero-order chi connectivity index (χ0) is 13.1. The van der Waals surface area contributed by atoms with Crippen LogP contribution in [0.15, 0.2) is 0 Å². The summed E-state index contributed by atoms with van der Waals surface area (Å²) in [4.78, 5) is 8.63. The molecule has 0 radical (unpaired) electrons. The van der Waals surface area contributed by atoms with E-state index in [2.05, 4.69) is 41.5 Å². The van der Waals surface area contributed by atoms with E-state index in [-0.39, 0.29) is 5.41 Å². The van der Waals surface area contributed by atoms with Crippen LogP contribution in [0.1, 0.15) is 38.6 Å². The van der Waals surface area contributed by atoms with Gasteiger partial charge in [-0.2, -0.15) is 0 Å². The van der Waals surface area contributed by atoms with Crippen molar-refractivity contribution in [2.24, 2.45) is 11.3 Å². The Labute approximate surface area is 103 Å². The van der Waals surface area contributed by atoms with Gasteiger partial charge in [0.25, 0.3) is 0 Å². The predicted molar refractivity (Wildman–Crippen MR) is 71.9 cm³/mol. The molecule has 1 heterocycles. The zero-order valence-electron chi connectivity index (χ0n) is 11.4. The number of anilines is 2. The highest BCUT2D eigenvalue weighted by molar-refractivity contribution is 5.56. The summed E-state index contributed by atoms with van der Waals surface area (Å²) in [6.45, 7) is 11.3. The van der Waals surface area contributed by atoms with Crippen molar-refractivity contribution in [1.82, 2.24) is 9.97 Å². The Morgan fingerprint density at radius 2 is 1.76 bits per heavy atom. The second-order valence-electron chi connectivity index (χ2n) is 5.11. The summed E-state index contributed by atoms with van der Waals surface area (Å²) in [5.74, 6) is 7.67. The molecule has 1 aromatic rings. The number of rotatable bonds is 5. The van der Waals surface area contributed by atoms with Gasteiger partial charge in [0, 0.05) is 12.1 Å². The number of nitrogens with one attached hydrogen (secondary N) is 2. The van der Waals surface area contributed by atoms with Gasteiger partial charge in [0.2, 0.25) is 0 Å². The first-order chi connectivity index (χ1) is 7.89. The molecule has 0 aliphatic heterocycles. The first-order valence-electron chi connectivity index (χ1n) is 5.95. The fourth-order valence-corrected chi connectivity index (χ4v) is 1.39. The fraction of sp³-hybridized carbons (Fsp3) is 0.667. The van der Waals surface area contributed by atoms with Crippen molar-refractivity contribution in [2.75, 3.05) is 17.3 Å². The van der Waals surface area contributed by atoms with Gasteiger partial charge in [-0.1, -0.05) is 20.8 Å². The molecule has 17 heavy (non-hydrogen) atoms. The van der Waals surface area contributed by atoms with Gasteiger partial charge >= 0.3 is 0 Å². The number of hydrogen-bond donors (Lipinski definition) is 3. The molecule has 0 fully saturated rings. The molecule has 5 nitrogen and oxygen atoms in total. The molecule has 1 rings (SSSR count). The summed E-state index contributed by atoms with van der Waals surface area (Å²) >= 11 is 0. The molecule has 4 N–H and O–H groups in total. The Balaban J connectivity index is 2.88. The minimum absolute atomic E-state index is 0.252. The van der Waals surface area contributed by atoms with Crippen LogP contribution in [0.25, 0.3) is 0 Å². The third kappa shape index (κ3) is 3.56. The lowest BCUT2D eigenvalue weighted by Crippen LogP contribution is -2.23. The van der Waals surface area contributed by atoms with Crippen LogP contribution in [0.4, 0.5) is 11.6 Å². The first-order valence-corrected chi connectivity index (χ1v) is 5.95. The molecule has 0 atom stereocenters. The van der Waals surface area contributed by atoms with E-state index in [4.69, 9.17) is 5.84 Å². The molecule has 0 saturated heterocycles. The highest BCUT2D eigenvalue weighted by atomic mass is 15.3. The molecule has 5 heteroatoms. The molecule has 0 saturated carbocycles. The molecule has 0 aliphatic rings. The highest BCUT2D eigenvalue weighted by Crippen LogP contribution is 2.23. The van der Waals surface area contributed by atoms with Crippen LogP contribution >= 0.6 is 0 Å². The summed E-state index contributed by atoms with van der Waals surface area (Å²) in [5, 5.41) is 3.37. The summed E-state index contributed by atoms with van der Waals surface area (Å²) in [7, 11) is 0. The molecular weight excluding hydrogens is 214 g/mol. The molecular formula is C12H23N5. The van der Waals surface area contributed by atoms with E-state index in [9.17, 15) is 0 Å². The molecule has 96 valence electrons. The van der Waals surface area contributed by atoms with Crippen LogP contribution in [0, 0.1) is 19.3 Å². The van der Waals surface area contributed by atoms with Crippen molar-refractivity contribution in [3.8, 4) is 0 Å². The molecule has 0 bridgehead atoms. The van der Waals surface area contributed by atoms with Crippen molar-refractivity contribution in [1.29, 1.82) is 0 Å². The standard InChI is InChI=1S/C12H23N5/c1-6-12(4,5)7-14-10-8(2)11(17-13)16-9(3)15-10/h6-7,13H2,1-5H3,(H2,14,15,16,17). The highest BCUT2D eigenvalue weighted by Gasteiger charge is 2.16. The van der Waals surface area contributed by atoms with Gasteiger partial charge in [-0.15, -0.1) is 0 Å². The Hall–Kier alpha value is -1.36. The monoisotopic (exact) mass is 237 g/mol. The van der Waals surface area contributed by atoms with E-state index >= 15 is 0 Å². The van der Waals surface area contributed by atoms with Gasteiger partial charge < -0.3 is 10.7 Å². The van der Waals surface area contributed by atoms with Gasteiger partial charge in [-0.25, -0.2) is 15.8 Å². The molecule has 0 spiro atoms. The van der Waals surface area contributed by atoms with E-state index in [1.807, 2.05) is 13.8 Å². The average molecular weight is 237 g/mol. The van der Waals surface area contributed by atoms with Crippen molar-refractivity contribution in [2.45, 2.75) is 41.0 Å². The number of hydrazine groups is 1. The summed E-state index contributed by atoms with van der Waals surface area (Å²) < 4.78 is 0. The predicted octanol–water partition coefficient (Wildman–Crippen LogP) is 2.23. The number of nitrogens with zero attached hydrogens (tertiary/aromatic N) is 2. The molecule has 1 aromatic heterocycles. The SMILES string of the molecule is CCC(C)(C)CNc1nc(C)nc(NN)c1C. The second kappa shape index (κ2) is 5.31. The lowest BCUT2D eigenvalue weighted by Gasteiger charge is -2.24. The van der Waals surface area contributed by atoms with Gasteiger partial charge in [-0.3, -0.25) is 0 Å². The minimum Gasteiger partial charge on any atom is -0.369 e. The Bertz CT molecular complexity index is 387. The normalized spacial score (nSPS) is 11.4. The largest absolute Gasteiger partial charge is 0.369 e. The first kappa shape index (κ1) is 13.7. The molecule has 0 aliphatic carbocycles. The van der Waals surface area contributed by atoms with Gasteiger partial charge in [0.1, 0.15) is 17.5 Å². The van der Waals surface area contributed by atoms with Crippen molar-refractivity contribution < 1.29 is 0 Å². The van der Waals surface area contributed by atoms with Crippen molar-refractivity contribution in [3.05, 3.63) is 11.4 Å². The van der Waals surface area contributed by atoms with Crippen LogP contribution in [-0.4, -0.2) is 16.5 Å². The van der Waals surface area contributed by atoms with E-state index in [0.29, 0.717) is 11.6 Å². The van der Waals surface area contributed by atoms with Crippen LogP contribution in [0.5, 0.6) is 0 Å². The summed E-state index contributed by atoms with van der Waals surface area (Å²) in [5.41, 5.74) is 3.80. The third-order valence-electron chi connectivity index (χ3n) is 3.09. The number of nitrogens with two attached hydrogens (primary N) is 1. The van der Waals surface area contributed by atoms with Crippen LogP contribution < -0.4 is 16.6 Å². The smallest absolute Gasteiger partial charge is 0.148 e. The minimum atomic E-state index is 0.252. The Morgan fingerprint density at radius 3 is 2.29 bits per heavy atom. The number of aryl methyl sites for hydroxylation is 1. The fourth-order valence-electron chi connectivity index (χ4n) is 1.39. The molecule has 0 aromatic carbocycles. The Morgan fingerprint density at radius 1 is 1.18 bits per heavy atom. The topological polar surface area (TPSA) is 75.9 Å². The number of hydrogen-bond acceptors (Lipinski definition) is 5. The third-order valence-corrected chi connectivity index (χ3v) is 3.09. The van der Waals surface area contributed by atoms with E-state index < -0.39 is 0 Å². The maximum Gasteiger partial charge on any atom is 0.148 e. The van der Waals surface area contributed by atoms with E-state index in [1.165, 1.54) is 0 Å². The van der Waals surface area contributed by atoms with Crippen LogP contribution in [0.2, 0.25) is 0 Å². The maximum atomic E-state index is 5.43. The maximum absolute atomic E-state index is 5.43. The quantitative estimate of drug-likeness (QED) is 0.541. The van der Waals surface area contributed by atoms with Gasteiger partial charge in [-0.05, 0) is 25.7 Å². The van der Waals surface area contributed by atoms with Crippen molar-refractivity contribution >= 4 is 11.6 Å².